The number of hydrogen-bond acceptors (Lipinski definition) is 6. The lowest BCUT2D eigenvalue weighted by atomic mass is 10.1. The topological polar surface area (TPSA) is 71.1 Å². The number of esters is 1. The molecule has 3 aromatic rings. The number of methoxy groups -OCH3 is 1. The Morgan fingerprint density at radius 2 is 1.40 bits per heavy atom. The Morgan fingerprint density at radius 3 is 2.13 bits per heavy atom. The quantitative estimate of drug-likeness (QED) is 0.286. The number of para-hydroxylation sites is 2. The van der Waals surface area contributed by atoms with Crippen LogP contribution in [-0.4, -0.2) is 38.7 Å². The lowest BCUT2D eigenvalue weighted by Crippen LogP contribution is -2.16. The molecule has 3 aromatic carbocycles. The maximum Gasteiger partial charge on any atom is 0.342 e. The van der Waals surface area contributed by atoms with Crippen molar-refractivity contribution in [3.8, 4) is 17.2 Å². The fraction of sp³-hybridized carbons (Fsp3) is 0.167. The molecule has 0 amide bonds. The van der Waals surface area contributed by atoms with Gasteiger partial charge >= 0.3 is 5.97 Å². The van der Waals surface area contributed by atoms with Crippen molar-refractivity contribution < 1.29 is 28.5 Å². The summed E-state index contributed by atoms with van der Waals surface area (Å²) in [6.45, 7) is 0.212. The Kier molecular flexibility index (Phi) is 7.44. The molecule has 3 rings (SSSR count). The molecule has 0 fully saturated rings. The summed E-state index contributed by atoms with van der Waals surface area (Å²) in [7, 11) is 1.55. The molecule has 30 heavy (non-hydrogen) atoms. The summed E-state index contributed by atoms with van der Waals surface area (Å²) in [5, 5.41) is 0. The van der Waals surface area contributed by atoms with Crippen molar-refractivity contribution >= 4 is 11.8 Å². The first-order chi connectivity index (χ1) is 14.7. The smallest absolute Gasteiger partial charge is 0.342 e. The summed E-state index contributed by atoms with van der Waals surface area (Å²) in [5.41, 5.74) is 0.686. The van der Waals surface area contributed by atoms with Gasteiger partial charge in [0.05, 0.1) is 7.11 Å². The summed E-state index contributed by atoms with van der Waals surface area (Å²) >= 11 is 0. The molecule has 0 saturated heterocycles. The highest BCUT2D eigenvalue weighted by Gasteiger charge is 2.16. The van der Waals surface area contributed by atoms with Crippen LogP contribution in [0.3, 0.4) is 0 Å². The Balaban J connectivity index is 1.52. The molecular formula is C24H22O6. The average molecular weight is 406 g/mol. The monoisotopic (exact) mass is 406 g/mol. The van der Waals surface area contributed by atoms with E-state index >= 15 is 0 Å². The van der Waals surface area contributed by atoms with Gasteiger partial charge in [0.2, 0.25) is 0 Å². The fourth-order valence-electron chi connectivity index (χ4n) is 2.66. The number of benzene rings is 3. The molecular weight excluding hydrogens is 384 g/mol. The zero-order valence-corrected chi connectivity index (χ0v) is 16.6. The zero-order valence-electron chi connectivity index (χ0n) is 16.6. The summed E-state index contributed by atoms with van der Waals surface area (Å²) in [4.78, 5) is 24.7. The third kappa shape index (κ3) is 5.85. The third-order valence-corrected chi connectivity index (χ3v) is 4.21. The molecule has 0 aliphatic carbocycles. The molecule has 0 atom stereocenters. The van der Waals surface area contributed by atoms with Gasteiger partial charge in [0.25, 0.3) is 0 Å². The van der Waals surface area contributed by atoms with Gasteiger partial charge in [-0.15, -0.1) is 0 Å². The van der Waals surface area contributed by atoms with E-state index in [1.54, 1.807) is 55.6 Å². The molecule has 0 heterocycles. The predicted molar refractivity (Wildman–Crippen MR) is 111 cm³/mol. The van der Waals surface area contributed by atoms with Gasteiger partial charge in [-0.2, -0.15) is 0 Å². The van der Waals surface area contributed by atoms with Gasteiger partial charge in [0, 0.05) is 5.56 Å². The number of carbonyl (C=O) groups excluding carboxylic acids is 2. The van der Waals surface area contributed by atoms with Crippen molar-refractivity contribution in [3.05, 3.63) is 90.0 Å². The van der Waals surface area contributed by atoms with Crippen LogP contribution in [0.1, 0.15) is 20.7 Å². The van der Waals surface area contributed by atoms with Gasteiger partial charge in [-0.25, -0.2) is 4.79 Å². The van der Waals surface area contributed by atoms with E-state index in [9.17, 15) is 9.59 Å². The Morgan fingerprint density at radius 1 is 0.733 bits per heavy atom. The van der Waals surface area contributed by atoms with E-state index in [1.165, 1.54) is 0 Å². The number of ketones is 1. The molecule has 0 aromatic heterocycles. The standard InChI is InChI=1S/C24H22O6/c1-27-19-13-11-18(12-14-19)22(25)17-30-24(26)21-9-5-6-10-23(21)29-16-15-28-20-7-3-2-4-8-20/h2-14H,15-17H2,1H3. The van der Waals surface area contributed by atoms with E-state index < -0.39 is 5.97 Å². The number of rotatable bonds is 10. The molecule has 154 valence electrons. The van der Waals surface area contributed by atoms with Crippen LogP contribution >= 0.6 is 0 Å². The second-order valence-corrected chi connectivity index (χ2v) is 6.23. The van der Waals surface area contributed by atoms with Crippen molar-refractivity contribution in [2.45, 2.75) is 0 Å². The summed E-state index contributed by atoms with van der Waals surface area (Å²) in [5.74, 6) is 0.824. The van der Waals surface area contributed by atoms with E-state index in [-0.39, 0.29) is 24.6 Å². The number of hydrogen-bond donors (Lipinski definition) is 0. The maximum atomic E-state index is 12.5. The first-order valence-corrected chi connectivity index (χ1v) is 9.41. The van der Waals surface area contributed by atoms with Crippen molar-refractivity contribution in [2.24, 2.45) is 0 Å². The SMILES string of the molecule is COc1ccc(C(=O)COC(=O)c2ccccc2OCCOc2ccccc2)cc1. The van der Waals surface area contributed by atoms with E-state index in [1.807, 2.05) is 30.3 Å². The molecule has 0 N–H and O–H groups in total. The molecule has 0 radical (unpaired) electrons. The fourth-order valence-corrected chi connectivity index (χ4v) is 2.66. The predicted octanol–water partition coefficient (Wildman–Crippen LogP) is 4.19. The first-order valence-electron chi connectivity index (χ1n) is 9.41. The lowest BCUT2D eigenvalue weighted by Gasteiger charge is -2.12. The minimum absolute atomic E-state index is 0.250. The van der Waals surface area contributed by atoms with E-state index in [0.29, 0.717) is 23.7 Å². The summed E-state index contributed by atoms with van der Waals surface area (Å²) < 4.78 is 21.5. The van der Waals surface area contributed by atoms with Crippen molar-refractivity contribution in [1.29, 1.82) is 0 Å². The first kappa shape index (κ1) is 20.9. The Labute approximate surface area is 175 Å². The molecule has 0 unspecified atom stereocenters. The van der Waals surface area contributed by atoms with Crippen molar-refractivity contribution in [3.63, 3.8) is 0 Å². The van der Waals surface area contributed by atoms with Crippen LogP contribution in [0.25, 0.3) is 0 Å². The third-order valence-electron chi connectivity index (χ3n) is 4.21. The highest BCUT2D eigenvalue weighted by atomic mass is 16.5. The minimum Gasteiger partial charge on any atom is -0.497 e. The number of ether oxygens (including phenoxy) is 4. The van der Waals surface area contributed by atoms with Crippen molar-refractivity contribution in [2.75, 3.05) is 26.9 Å². The van der Waals surface area contributed by atoms with Crippen LogP contribution in [0.15, 0.2) is 78.9 Å². The summed E-state index contributed by atoms with van der Waals surface area (Å²) in [6, 6.07) is 22.7. The molecule has 0 saturated carbocycles. The van der Waals surface area contributed by atoms with Crippen LogP contribution in [0.2, 0.25) is 0 Å². The molecule has 6 nitrogen and oxygen atoms in total. The van der Waals surface area contributed by atoms with Crippen LogP contribution in [0.4, 0.5) is 0 Å². The number of Topliss-reactive ketones (excluding diaryl/α,β-unsaturated/α-hetero) is 1. The van der Waals surface area contributed by atoms with Gasteiger partial charge in [0.15, 0.2) is 12.4 Å². The largest absolute Gasteiger partial charge is 0.497 e. The number of carbonyl (C=O) groups is 2. The van der Waals surface area contributed by atoms with Crippen molar-refractivity contribution in [1.82, 2.24) is 0 Å². The van der Waals surface area contributed by atoms with Gasteiger partial charge in [0.1, 0.15) is 36.0 Å². The van der Waals surface area contributed by atoms with Gasteiger partial charge in [-0.1, -0.05) is 30.3 Å². The summed E-state index contributed by atoms with van der Waals surface area (Å²) in [6.07, 6.45) is 0. The van der Waals surface area contributed by atoms with Gasteiger partial charge in [-0.05, 0) is 48.5 Å². The highest BCUT2D eigenvalue weighted by Crippen LogP contribution is 2.19. The molecule has 0 bridgehead atoms. The molecule has 0 aliphatic heterocycles. The molecule has 6 heteroatoms. The van der Waals surface area contributed by atoms with E-state index in [4.69, 9.17) is 18.9 Å². The second-order valence-electron chi connectivity index (χ2n) is 6.23. The van der Waals surface area contributed by atoms with E-state index in [0.717, 1.165) is 5.75 Å². The van der Waals surface area contributed by atoms with Crippen LogP contribution < -0.4 is 14.2 Å². The maximum absolute atomic E-state index is 12.5. The highest BCUT2D eigenvalue weighted by molar-refractivity contribution is 6.00. The molecule has 0 aliphatic rings. The Bertz CT molecular complexity index is 967. The lowest BCUT2D eigenvalue weighted by molar-refractivity contribution is 0.0470. The second kappa shape index (κ2) is 10.7. The van der Waals surface area contributed by atoms with E-state index in [2.05, 4.69) is 0 Å². The normalized spacial score (nSPS) is 10.2. The minimum atomic E-state index is -0.628. The average Bonchev–Trinajstić information content (AvgIpc) is 2.81. The van der Waals surface area contributed by atoms with Crippen LogP contribution in [0.5, 0.6) is 17.2 Å². The Hall–Kier alpha value is -3.80. The zero-order chi connectivity index (χ0) is 21.2. The van der Waals surface area contributed by atoms with Crippen LogP contribution in [-0.2, 0) is 4.74 Å². The van der Waals surface area contributed by atoms with Gasteiger partial charge in [-0.3, -0.25) is 4.79 Å². The van der Waals surface area contributed by atoms with Crippen LogP contribution in [0, 0.1) is 0 Å². The molecule has 0 spiro atoms. The van der Waals surface area contributed by atoms with Gasteiger partial charge < -0.3 is 18.9 Å².